The quantitative estimate of drug-likeness (QED) is 0.0946. The van der Waals surface area contributed by atoms with Gasteiger partial charge in [0.25, 0.3) is 0 Å². The Bertz CT molecular complexity index is 1970. The molecule has 1 radical (unpaired) electrons. The Kier molecular flexibility index (Phi) is 11.3. The second-order valence-electron chi connectivity index (χ2n) is 12.9. The number of aromatic nitrogens is 1. The maximum Gasteiger partial charge on any atom is 0.159 e. The van der Waals surface area contributed by atoms with E-state index in [2.05, 4.69) is 30.3 Å². The molecule has 5 heteroatoms. The molecule has 0 spiro atoms. The van der Waals surface area contributed by atoms with Crippen molar-refractivity contribution in [1.29, 1.82) is 0 Å². The maximum absolute atomic E-state index is 11.2. The summed E-state index contributed by atoms with van der Waals surface area (Å²) in [6.45, 7) is 11.8. The number of benzene rings is 4. The molecule has 0 fully saturated rings. The van der Waals surface area contributed by atoms with Gasteiger partial charge in [-0.2, -0.15) is 0 Å². The summed E-state index contributed by atoms with van der Waals surface area (Å²) in [6, 6.07) is 33.3. The van der Waals surface area contributed by atoms with Crippen molar-refractivity contribution in [2.75, 3.05) is 0 Å². The number of fused-ring (bicyclic) bond motifs is 6. The van der Waals surface area contributed by atoms with Gasteiger partial charge in [0.15, 0.2) is 5.78 Å². The molecule has 0 saturated carbocycles. The zero-order valence-electron chi connectivity index (χ0n) is 29.9. The van der Waals surface area contributed by atoms with E-state index in [0.717, 1.165) is 50.2 Å². The first-order chi connectivity index (χ1) is 22.8. The summed E-state index contributed by atoms with van der Waals surface area (Å²) in [4.78, 5) is 16.1. The third-order valence-electron chi connectivity index (χ3n) is 7.52. The molecule has 6 rings (SSSR count). The van der Waals surface area contributed by atoms with Crippen LogP contribution < -0.4 is 4.74 Å². The molecule has 0 aliphatic carbocycles. The van der Waals surface area contributed by atoms with E-state index < -0.39 is 6.37 Å². The molecule has 0 unspecified atom stereocenters. The van der Waals surface area contributed by atoms with Gasteiger partial charge in [-0.1, -0.05) is 114 Å². The number of nitrogens with zero attached hydrogens (tertiary/aromatic N) is 1. The number of hydrogen-bond donors (Lipinski definition) is 1. The minimum Gasteiger partial charge on any atom is -0.512 e. The first-order valence-corrected chi connectivity index (χ1v) is 16.1. The fourth-order valence-electron chi connectivity index (χ4n) is 5.64. The average Bonchev–Trinajstić information content (AvgIpc) is 3.18. The second kappa shape index (κ2) is 16.2. The monoisotopic (exact) mass is 805 g/mol. The van der Waals surface area contributed by atoms with Crippen LogP contribution in [-0.2, 0) is 31.3 Å². The van der Waals surface area contributed by atoms with Crippen molar-refractivity contribution < 1.29 is 37.5 Å². The van der Waals surface area contributed by atoms with Gasteiger partial charge in [0.1, 0.15) is 5.75 Å². The molecule has 1 aliphatic heterocycles. The van der Waals surface area contributed by atoms with Gasteiger partial charge in [0, 0.05) is 52.7 Å². The fraction of sp³-hybridized carbons (Fsp3) is 0.286. The Morgan fingerprint density at radius 3 is 2.11 bits per heavy atom. The van der Waals surface area contributed by atoms with Gasteiger partial charge < -0.3 is 9.84 Å². The smallest absolute Gasteiger partial charge is 0.159 e. The number of aliphatic hydroxyl groups is 1. The van der Waals surface area contributed by atoms with Crippen LogP contribution in [0.1, 0.15) is 62.7 Å². The van der Waals surface area contributed by atoms with E-state index in [9.17, 15) is 9.90 Å². The first-order valence-electron chi connectivity index (χ1n) is 17.1. The third-order valence-corrected chi connectivity index (χ3v) is 7.52. The van der Waals surface area contributed by atoms with E-state index in [-0.39, 0.29) is 37.6 Å². The van der Waals surface area contributed by atoms with E-state index >= 15 is 0 Å². The predicted molar refractivity (Wildman–Crippen MR) is 190 cm³/mol. The number of ketones is 1. The fourth-order valence-corrected chi connectivity index (χ4v) is 5.64. The van der Waals surface area contributed by atoms with E-state index in [1.165, 1.54) is 6.08 Å². The van der Waals surface area contributed by atoms with Crippen molar-refractivity contribution in [2.24, 2.45) is 17.8 Å². The van der Waals surface area contributed by atoms with Crippen LogP contribution in [0, 0.1) is 23.8 Å². The van der Waals surface area contributed by atoms with Gasteiger partial charge in [-0.15, -0.1) is 23.8 Å². The zero-order valence-corrected chi connectivity index (χ0v) is 30.3. The van der Waals surface area contributed by atoms with Gasteiger partial charge in [-0.05, 0) is 58.6 Å². The van der Waals surface area contributed by atoms with Crippen molar-refractivity contribution >= 4 is 16.7 Å². The van der Waals surface area contributed by atoms with Crippen LogP contribution in [0.25, 0.3) is 44.4 Å². The second-order valence-corrected chi connectivity index (χ2v) is 12.9. The van der Waals surface area contributed by atoms with Gasteiger partial charge in [0.05, 0.1) is 17.0 Å². The average molecular weight is 805 g/mol. The Morgan fingerprint density at radius 1 is 0.809 bits per heavy atom. The largest absolute Gasteiger partial charge is 0.512 e. The van der Waals surface area contributed by atoms with Gasteiger partial charge in [-0.3, -0.25) is 9.78 Å². The third kappa shape index (κ3) is 9.06. The minimum absolute atomic E-state index is 0. The topological polar surface area (TPSA) is 59.4 Å². The SMILES string of the molecule is CC(C)CC(=O)/C=C(\O)CC(C)C.[2H]C([2H])(c1cc(-c2[c-]cc3c(c2)-c2ccccc2-c2ccccc2O3)nc2ccccc12)C(C)C.[Ir]. The predicted octanol–water partition coefficient (Wildman–Crippen LogP) is 11.4. The van der Waals surface area contributed by atoms with Gasteiger partial charge in [-0.25, -0.2) is 0 Å². The number of rotatable bonds is 8. The normalized spacial score (nSPS) is 12.8. The molecule has 0 atom stereocenters. The van der Waals surface area contributed by atoms with Gasteiger partial charge >= 0.3 is 0 Å². The summed E-state index contributed by atoms with van der Waals surface area (Å²) in [5.74, 6) is 2.35. The molecule has 4 nitrogen and oxygen atoms in total. The number of hydrogen-bond acceptors (Lipinski definition) is 4. The summed E-state index contributed by atoms with van der Waals surface area (Å²) >= 11 is 0. The van der Waals surface area contributed by atoms with Crippen molar-refractivity contribution in [2.45, 2.75) is 60.8 Å². The number of aliphatic hydroxyl groups excluding tert-OH is 1. The van der Waals surface area contributed by atoms with Crippen molar-refractivity contribution in [3.63, 3.8) is 0 Å². The van der Waals surface area contributed by atoms with Crippen molar-refractivity contribution in [1.82, 2.24) is 4.98 Å². The number of ether oxygens (including phenoxy) is 1. The Hall–Kier alpha value is -4.05. The summed E-state index contributed by atoms with van der Waals surface area (Å²) in [5, 5.41) is 10.2. The molecular formula is C42H44IrNO3-. The van der Waals surface area contributed by atoms with Crippen LogP contribution in [0.4, 0.5) is 0 Å². The number of carbonyl (C=O) groups excluding carboxylic acids is 1. The van der Waals surface area contributed by atoms with E-state index in [4.69, 9.17) is 12.5 Å². The molecule has 1 aromatic heterocycles. The Balaban J connectivity index is 0.000000332. The first kappa shape index (κ1) is 32.9. The van der Waals surface area contributed by atoms with Gasteiger partial charge in [0.2, 0.25) is 0 Å². The Labute approximate surface area is 296 Å². The minimum atomic E-state index is -1.50. The van der Waals surface area contributed by atoms with Crippen molar-refractivity contribution in [3.05, 3.63) is 114 Å². The molecule has 5 aromatic rings. The van der Waals surface area contributed by atoms with Crippen LogP contribution in [0.15, 0.2) is 103 Å². The summed E-state index contributed by atoms with van der Waals surface area (Å²) in [6.07, 6.45) is 0.965. The van der Waals surface area contributed by atoms with Crippen LogP contribution in [0.3, 0.4) is 0 Å². The van der Waals surface area contributed by atoms with Crippen LogP contribution in [0.2, 0.25) is 0 Å². The molecule has 1 aliphatic rings. The van der Waals surface area contributed by atoms with Crippen molar-refractivity contribution in [3.8, 4) is 45.0 Å². The number of carbonyl (C=O) groups is 1. The number of allylic oxidation sites excluding steroid dienone is 2. The van der Waals surface area contributed by atoms with E-state index in [1.807, 2.05) is 108 Å². The zero-order chi connectivity index (χ0) is 34.6. The molecule has 2 heterocycles. The molecular weight excluding hydrogens is 759 g/mol. The van der Waals surface area contributed by atoms with Crippen LogP contribution in [-0.4, -0.2) is 15.9 Å². The summed E-state index contributed by atoms with van der Waals surface area (Å²) in [5.41, 5.74) is 7.15. The summed E-state index contributed by atoms with van der Waals surface area (Å²) < 4.78 is 24.0. The molecule has 0 amide bonds. The molecule has 245 valence electrons. The van der Waals surface area contributed by atoms with E-state index in [0.29, 0.717) is 35.9 Å². The molecule has 1 N–H and O–H groups in total. The molecule has 0 saturated heterocycles. The molecule has 0 bridgehead atoms. The number of pyridine rings is 1. The number of para-hydroxylation sites is 2. The maximum atomic E-state index is 11.2. The molecule has 47 heavy (non-hydrogen) atoms. The Morgan fingerprint density at radius 2 is 1.43 bits per heavy atom. The van der Waals surface area contributed by atoms with Crippen LogP contribution in [0.5, 0.6) is 11.5 Å². The molecule has 4 aromatic carbocycles. The standard InChI is InChI=1S/C31H24NO.C11H20O2.Ir/c1-20(2)17-22-19-29(32-28-13-7-5-9-23(22)28)21-15-16-31-27(18-21)25-11-4-3-10-24(25)26-12-6-8-14-30(26)33-31;1-8(2)5-10(12)7-11(13)6-9(3)4;/h3-14,16,18-20H,17H2,1-2H3;7-9,12H,5-6H2,1-4H3;/q-1;;/b;10-7-;/i17D2;;. The summed E-state index contributed by atoms with van der Waals surface area (Å²) in [7, 11) is 0. The van der Waals surface area contributed by atoms with Crippen LogP contribution >= 0.6 is 0 Å². The van der Waals surface area contributed by atoms with E-state index in [1.54, 1.807) is 0 Å².